The van der Waals surface area contributed by atoms with Crippen LogP contribution in [0.1, 0.15) is 0 Å². The molecule has 4 nitrogen and oxygen atoms in total. The second-order valence-electron chi connectivity index (χ2n) is 3.44. The molecule has 80 valence electrons. The second kappa shape index (κ2) is 3.13. The number of benzene rings is 1. The van der Waals surface area contributed by atoms with Gasteiger partial charge in [-0.1, -0.05) is 0 Å². The van der Waals surface area contributed by atoms with Gasteiger partial charge in [0.1, 0.15) is 16.9 Å². The summed E-state index contributed by atoms with van der Waals surface area (Å²) in [6.07, 6.45) is 1.59. The van der Waals surface area contributed by atoms with E-state index >= 15 is 0 Å². The van der Waals surface area contributed by atoms with Gasteiger partial charge in [0.25, 0.3) is 0 Å². The van der Waals surface area contributed by atoms with E-state index in [0.717, 1.165) is 10.8 Å². The van der Waals surface area contributed by atoms with Crippen LogP contribution in [-0.2, 0) is 0 Å². The third kappa shape index (κ3) is 1.20. The van der Waals surface area contributed by atoms with Crippen LogP contribution >= 0.6 is 0 Å². The molecule has 0 aliphatic rings. The summed E-state index contributed by atoms with van der Waals surface area (Å²) in [6, 6.07) is 6.73. The summed E-state index contributed by atoms with van der Waals surface area (Å²) in [4.78, 5) is 11.3. The van der Waals surface area contributed by atoms with E-state index in [0.29, 0.717) is 16.9 Å². The first-order chi connectivity index (χ1) is 7.78. The van der Waals surface area contributed by atoms with Crippen molar-refractivity contribution < 1.29 is 13.6 Å². The highest BCUT2D eigenvalue weighted by Gasteiger charge is 2.08. The first kappa shape index (κ1) is 9.03. The molecule has 3 rings (SSSR count). The lowest BCUT2D eigenvalue weighted by Gasteiger charge is -2.03. The number of rotatable bonds is 1. The Morgan fingerprint density at radius 1 is 1.19 bits per heavy atom. The van der Waals surface area contributed by atoms with Crippen molar-refractivity contribution in [3.8, 4) is 5.75 Å². The normalized spacial score (nSPS) is 11.1. The summed E-state index contributed by atoms with van der Waals surface area (Å²) in [5, 5.41) is 1.70. The molecule has 0 unspecified atom stereocenters. The van der Waals surface area contributed by atoms with Gasteiger partial charge < -0.3 is 13.6 Å². The summed E-state index contributed by atoms with van der Waals surface area (Å²) >= 11 is 0. The number of fused-ring (bicyclic) bond motifs is 2. The van der Waals surface area contributed by atoms with Crippen LogP contribution in [0.2, 0.25) is 0 Å². The van der Waals surface area contributed by atoms with Gasteiger partial charge in [-0.05, 0) is 12.1 Å². The predicted molar refractivity (Wildman–Crippen MR) is 58.8 cm³/mol. The second-order valence-corrected chi connectivity index (χ2v) is 3.44. The van der Waals surface area contributed by atoms with Crippen molar-refractivity contribution in [1.29, 1.82) is 0 Å². The quantitative estimate of drug-likeness (QED) is 0.586. The van der Waals surface area contributed by atoms with E-state index in [4.69, 9.17) is 13.6 Å². The SMILES string of the molecule is COc1cc(=O)oc2cc3occc3cc12. The van der Waals surface area contributed by atoms with Gasteiger partial charge in [0, 0.05) is 11.5 Å². The van der Waals surface area contributed by atoms with E-state index in [1.54, 1.807) is 12.3 Å². The molecule has 4 heteroatoms. The lowest BCUT2D eigenvalue weighted by Crippen LogP contribution is -1.98. The van der Waals surface area contributed by atoms with E-state index in [1.807, 2.05) is 12.1 Å². The number of methoxy groups -OCH3 is 1. The maximum atomic E-state index is 11.3. The molecular weight excluding hydrogens is 208 g/mol. The van der Waals surface area contributed by atoms with E-state index in [2.05, 4.69) is 0 Å². The molecule has 0 bridgehead atoms. The van der Waals surface area contributed by atoms with Crippen LogP contribution in [0.5, 0.6) is 5.75 Å². The lowest BCUT2D eigenvalue weighted by atomic mass is 10.1. The maximum absolute atomic E-state index is 11.3. The molecule has 1 aromatic carbocycles. The zero-order valence-electron chi connectivity index (χ0n) is 8.52. The zero-order chi connectivity index (χ0) is 11.1. The van der Waals surface area contributed by atoms with Crippen molar-refractivity contribution in [2.45, 2.75) is 0 Å². The summed E-state index contributed by atoms with van der Waals surface area (Å²) in [5.41, 5.74) is 0.714. The first-order valence-electron chi connectivity index (χ1n) is 4.77. The molecule has 16 heavy (non-hydrogen) atoms. The topological polar surface area (TPSA) is 52.6 Å². The molecule has 0 saturated carbocycles. The lowest BCUT2D eigenvalue weighted by molar-refractivity contribution is 0.413. The highest BCUT2D eigenvalue weighted by Crippen LogP contribution is 2.28. The molecule has 0 aliphatic heterocycles. The van der Waals surface area contributed by atoms with Gasteiger partial charge in [-0.15, -0.1) is 0 Å². The molecule has 0 radical (unpaired) electrons. The van der Waals surface area contributed by atoms with Gasteiger partial charge in [-0.2, -0.15) is 0 Å². The number of ether oxygens (including phenoxy) is 1. The third-order valence-corrected chi connectivity index (χ3v) is 2.50. The van der Waals surface area contributed by atoms with Crippen LogP contribution in [-0.4, -0.2) is 7.11 Å². The smallest absolute Gasteiger partial charge is 0.339 e. The van der Waals surface area contributed by atoms with Crippen LogP contribution in [0.15, 0.2) is 44.2 Å². The average molecular weight is 216 g/mol. The number of hydrogen-bond donors (Lipinski definition) is 0. The van der Waals surface area contributed by atoms with Crippen molar-refractivity contribution in [2.75, 3.05) is 7.11 Å². The maximum Gasteiger partial charge on any atom is 0.339 e. The van der Waals surface area contributed by atoms with Crippen LogP contribution in [0.4, 0.5) is 0 Å². The van der Waals surface area contributed by atoms with E-state index < -0.39 is 5.63 Å². The largest absolute Gasteiger partial charge is 0.496 e. The summed E-state index contributed by atoms with van der Waals surface area (Å²) in [5.74, 6) is 0.509. The predicted octanol–water partition coefficient (Wildman–Crippen LogP) is 2.55. The molecule has 0 amide bonds. The molecule has 0 spiro atoms. The Labute approximate surface area is 90.0 Å². The van der Waals surface area contributed by atoms with Crippen molar-refractivity contribution in [3.63, 3.8) is 0 Å². The zero-order valence-corrected chi connectivity index (χ0v) is 8.52. The van der Waals surface area contributed by atoms with Gasteiger partial charge in [0.05, 0.1) is 24.8 Å². The molecule has 2 aromatic heterocycles. The molecule has 2 heterocycles. The van der Waals surface area contributed by atoms with Crippen molar-refractivity contribution in [3.05, 3.63) is 40.9 Å². The Morgan fingerprint density at radius 3 is 2.88 bits per heavy atom. The molecule has 3 aromatic rings. The van der Waals surface area contributed by atoms with Gasteiger partial charge in [0.15, 0.2) is 0 Å². The van der Waals surface area contributed by atoms with Crippen LogP contribution in [0.3, 0.4) is 0 Å². The van der Waals surface area contributed by atoms with Gasteiger partial charge in [-0.25, -0.2) is 4.79 Å². The standard InChI is InChI=1S/C12H8O4/c1-14-10-6-12(13)16-11-5-9-7(2-3-15-9)4-8(10)11/h2-6H,1H3. The van der Waals surface area contributed by atoms with Crippen molar-refractivity contribution in [1.82, 2.24) is 0 Å². The third-order valence-electron chi connectivity index (χ3n) is 2.50. The first-order valence-corrected chi connectivity index (χ1v) is 4.77. The van der Waals surface area contributed by atoms with E-state index in [9.17, 15) is 4.79 Å². The Kier molecular flexibility index (Phi) is 1.77. The fraction of sp³-hybridized carbons (Fsp3) is 0.0833. The van der Waals surface area contributed by atoms with Crippen LogP contribution < -0.4 is 10.4 Å². The molecule has 0 aliphatic carbocycles. The monoisotopic (exact) mass is 216 g/mol. The minimum Gasteiger partial charge on any atom is -0.496 e. The minimum atomic E-state index is -0.435. The Bertz CT molecular complexity index is 721. The Morgan fingerprint density at radius 2 is 2.06 bits per heavy atom. The molecule has 0 N–H and O–H groups in total. The highest BCUT2D eigenvalue weighted by molar-refractivity contribution is 5.95. The average Bonchev–Trinajstić information content (AvgIpc) is 2.72. The summed E-state index contributed by atoms with van der Waals surface area (Å²) < 4.78 is 15.5. The van der Waals surface area contributed by atoms with Gasteiger partial charge in [0.2, 0.25) is 0 Å². The fourth-order valence-electron chi connectivity index (χ4n) is 1.76. The van der Waals surface area contributed by atoms with E-state index in [1.165, 1.54) is 13.2 Å². The molecular formula is C12H8O4. The fourth-order valence-corrected chi connectivity index (χ4v) is 1.76. The summed E-state index contributed by atoms with van der Waals surface area (Å²) in [7, 11) is 1.52. The molecule has 0 atom stereocenters. The number of furan rings is 1. The van der Waals surface area contributed by atoms with Crippen molar-refractivity contribution in [2.24, 2.45) is 0 Å². The van der Waals surface area contributed by atoms with Gasteiger partial charge >= 0.3 is 5.63 Å². The highest BCUT2D eigenvalue weighted by atomic mass is 16.5. The van der Waals surface area contributed by atoms with Crippen LogP contribution in [0.25, 0.3) is 21.9 Å². The minimum absolute atomic E-state index is 0.435. The van der Waals surface area contributed by atoms with Crippen molar-refractivity contribution >= 4 is 21.9 Å². The van der Waals surface area contributed by atoms with E-state index in [-0.39, 0.29) is 0 Å². The summed E-state index contributed by atoms with van der Waals surface area (Å²) in [6.45, 7) is 0. The molecule has 0 saturated heterocycles. The Hall–Kier alpha value is -2.23. The molecule has 0 fully saturated rings. The number of hydrogen-bond acceptors (Lipinski definition) is 4. The van der Waals surface area contributed by atoms with Gasteiger partial charge in [-0.3, -0.25) is 0 Å². The Balaban J connectivity index is 2.53. The van der Waals surface area contributed by atoms with Crippen LogP contribution in [0, 0.1) is 0 Å².